The summed E-state index contributed by atoms with van der Waals surface area (Å²) in [6.45, 7) is 5.12. The number of hydrogen-bond acceptors (Lipinski definition) is 6. The van der Waals surface area contributed by atoms with Crippen molar-refractivity contribution in [1.29, 1.82) is 0 Å². The van der Waals surface area contributed by atoms with Crippen molar-refractivity contribution in [2.75, 3.05) is 0 Å². The number of pyridine rings is 1. The summed E-state index contributed by atoms with van der Waals surface area (Å²) in [5, 5.41) is 3.92. The second-order valence-electron chi connectivity index (χ2n) is 8.53. The molecule has 4 heterocycles. The summed E-state index contributed by atoms with van der Waals surface area (Å²) in [5.74, 6) is 1.61. The first-order valence-electron chi connectivity index (χ1n) is 11.5. The lowest BCUT2D eigenvalue weighted by atomic mass is 9.89. The SMILES string of the molecule is CCc1nc2cccnc2n1Cc1ccc2c(c1)COc1ccccc1/C2=C(/C)c1noc(=O)[nH]1. The first-order chi connectivity index (χ1) is 17.1. The molecule has 6 rings (SSSR count). The fourth-order valence-corrected chi connectivity index (χ4v) is 4.75. The normalized spacial score (nSPS) is 14.2. The quantitative estimate of drug-likeness (QED) is 0.417. The highest BCUT2D eigenvalue weighted by atomic mass is 16.5. The summed E-state index contributed by atoms with van der Waals surface area (Å²) >= 11 is 0. The number of ether oxygens (including phenoxy) is 1. The van der Waals surface area contributed by atoms with Crippen molar-refractivity contribution in [3.05, 3.63) is 105 Å². The molecule has 2 aromatic carbocycles. The van der Waals surface area contributed by atoms with E-state index in [1.807, 2.05) is 43.3 Å². The van der Waals surface area contributed by atoms with Gasteiger partial charge in [0.2, 0.25) is 0 Å². The van der Waals surface area contributed by atoms with E-state index in [-0.39, 0.29) is 0 Å². The van der Waals surface area contributed by atoms with E-state index in [2.05, 4.69) is 44.8 Å². The van der Waals surface area contributed by atoms with Crippen LogP contribution in [-0.2, 0) is 19.6 Å². The van der Waals surface area contributed by atoms with Crippen LogP contribution in [0.3, 0.4) is 0 Å². The molecule has 1 aliphatic heterocycles. The minimum absolute atomic E-state index is 0.403. The summed E-state index contributed by atoms with van der Waals surface area (Å²) in [4.78, 5) is 23.6. The Hall–Kier alpha value is -4.46. The lowest BCUT2D eigenvalue weighted by molar-refractivity contribution is 0.307. The Balaban J connectivity index is 1.49. The van der Waals surface area contributed by atoms with Crippen LogP contribution in [0.2, 0.25) is 0 Å². The fourth-order valence-electron chi connectivity index (χ4n) is 4.75. The van der Waals surface area contributed by atoms with Gasteiger partial charge in [-0.3, -0.25) is 9.51 Å². The largest absolute Gasteiger partial charge is 0.488 e. The zero-order valence-electron chi connectivity index (χ0n) is 19.4. The van der Waals surface area contributed by atoms with Crippen molar-refractivity contribution >= 4 is 22.3 Å². The molecule has 0 spiro atoms. The van der Waals surface area contributed by atoms with E-state index in [4.69, 9.17) is 14.2 Å². The number of rotatable bonds is 4. The highest BCUT2D eigenvalue weighted by Crippen LogP contribution is 2.40. The fraction of sp³-hybridized carbons (Fsp3) is 0.185. The third kappa shape index (κ3) is 3.63. The van der Waals surface area contributed by atoms with Gasteiger partial charge < -0.3 is 9.30 Å². The summed E-state index contributed by atoms with van der Waals surface area (Å²) < 4.78 is 13.2. The Kier molecular flexibility index (Phi) is 5.06. The Morgan fingerprint density at radius 1 is 1.11 bits per heavy atom. The molecule has 0 unspecified atom stereocenters. The standard InChI is InChI=1S/C27H23N5O3/c1-3-23-29-21-8-6-12-28-26(21)32(23)14-17-10-11-19-18(13-17)15-34-22-9-5-4-7-20(22)24(19)16(2)25-30-27(33)35-31-25/h4-13H,3,14-15H2,1-2H3,(H,30,31,33)/b24-16-. The lowest BCUT2D eigenvalue weighted by Crippen LogP contribution is -2.07. The molecule has 3 aromatic heterocycles. The Morgan fingerprint density at radius 2 is 2.00 bits per heavy atom. The van der Waals surface area contributed by atoms with Crippen molar-refractivity contribution in [3.63, 3.8) is 0 Å². The second kappa shape index (κ2) is 8.39. The molecule has 0 atom stereocenters. The smallest absolute Gasteiger partial charge is 0.439 e. The number of nitrogens with one attached hydrogen (secondary N) is 1. The summed E-state index contributed by atoms with van der Waals surface area (Å²) in [6.07, 6.45) is 2.62. The number of aromatic nitrogens is 5. The van der Waals surface area contributed by atoms with Crippen LogP contribution in [0, 0.1) is 0 Å². The van der Waals surface area contributed by atoms with Gasteiger partial charge in [0.15, 0.2) is 11.5 Å². The first kappa shape index (κ1) is 21.1. The summed E-state index contributed by atoms with van der Waals surface area (Å²) in [7, 11) is 0. The topological polar surface area (TPSA) is 98.8 Å². The van der Waals surface area contributed by atoms with Crippen LogP contribution in [0.5, 0.6) is 5.75 Å². The van der Waals surface area contributed by atoms with Crippen molar-refractivity contribution in [3.8, 4) is 5.75 Å². The maximum Gasteiger partial charge on any atom is 0.439 e. The number of allylic oxidation sites excluding steroid dienone is 1. The van der Waals surface area contributed by atoms with Crippen molar-refractivity contribution in [1.82, 2.24) is 24.7 Å². The predicted octanol–water partition coefficient (Wildman–Crippen LogP) is 4.59. The molecule has 8 heteroatoms. The van der Waals surface area contributed by atoms with Crippen LogP contribution in [0.25, 0.3) is 22.3 Å². The molecular formula is C27H23N5O3. The molecule has 174 valence electrons. The van der Waals surface area contributed by atoms with Crippen LogP contribution in [0.15, 0.2) is 70.1 Å². The number of nitrogens with zero attached hydrogens (tertiary/aromatic N) is 4. The number of aryl methyl sites for hydroxylation is 1. The van der Waals surface area contributed by atoms with Crippen LogP contribution >= 0.6 is 0 Å². The highest BCUT2D eigenvalue weighted by molar-refractivity contribution is 5.99. The Labute approximate surface area is 200 Å². The number of fused-ring (bicyclic) bond motifs is 3. The molecule has 0 saturated heterocycles. The third-order valence-corrected chi connectivity index (χ3v) is 6.39. The molecule has 0 fully saturated rings. The van der Waals surface area contributed by atoms with Gasteiger partial charge in [0.25, 0.3) is 0 Å². The van der Waals surface area contributed by atoms with Gasteiger partial charge in [-0.05, 0) is 53.5 Å². The number of hydrogen-bond donors (Lipinski definition) is 1. The maximum atomic E-state index is 11.6. The van der Waals surface area contributed by atoms with E-state index in [0.29, 0.717) is 19.0 Å². The van der Waals surface area contributed by atoms with Gasteiger partial charge in [-0.2, -0.15) is 0 Å². The zero-order chi connectivity index (χ0) is 23.9. The third-order valence-electron chi connectivity index (χ3n) is 6.39. The number of H-pyrrole nitrogens is 1. The summed E-state index contributed by atoms with van der Waals surface area (Å²) in [5.41, 5.74) is 7.70. The van der Waals surface area contributed by atoms with Gasteiger partial charge in [0, 0.05) is 23.8 Å². The Bertz CT molecular complexity index is 1660. The lowest BCUT2D eigenvalue weighted by Gasteiger charge is -2.15. The van der Waals surface area contributed by atoms with Crippen molar-refractivity contribution in [2.45, 2.75) is 33.4 Å². The molecule has 5 aromatic rings. The molecule has 0 aliphatic carbocycles. The van der Waals surface area contributed by atoms with E-state index < -0.39 is 5.76 Å². The van der Waals surface area contributed by atoms with Crippen molar-refractivity contribution in [2.24, 2.45) is 0 Å². The van der Waals surface area contributed by atoms with Gasteiger partial charge in [-0.1, -0.05) is 42.4 Å². The molecule has 8 nitrogen and oxygen atoms in total. The number of benzene rings is 2. The minimum atomic E-state index is -0.582. The molecule has 0 amide bonds. The van der Waals surface area contributed by atoms with Gasteiger partial charge in [0.1, 0.15) is 23.7 Å². The van der Waals surface area contributed by atoms with E-state index in [9.17, 15) is 4.79 Å². The second-order valence-corrected chi connectivity index (χ2v) is 8.53. The highest BCUT2D eigenvalue weighted by Gasteiger charge is 2.23. The summed E-state index contributed by atoms with van der Waals surface area (Å²) in [6, 6.07) is 18.2. The average molecular weight is 466 g/mol. The molecule has 1 aliphatic rings. The Morgan fingerprint density at radius 3 is 2.83 bits per heavy atom. The van der Waals surface area contributed by atoms with E-state index in [1.165, 1.54) is 0 Å². The van der Waals surface area contributed by atoms with Crippen LogP contribution in [0.4, 0.5) is 0 Å². The van der Waals surface area contributed by atoms with E-state index in [0.717, 1.165) is 62.6 Å². The molecule has 0 bridgehead atoms. The van der Waals surface area contributed by atoms with Gasteiger partial charge >= 0.3 is 5.76 Å². The number of para-hydroxylation sites is 1. The zero-order valence-corrected chi connectivity index (χ0v) is 19.4. The maximum absolute atomic E-state index is 11.6. The average Bonchev–Trinajstić information content (AvgIpc) is 3.43. The molecule has 1 N–H and O–H groups in total. The first-order valence-corrected chi connectivity index (χ1v) is 11.5. The van der Waals surface area contributed by atoms with E-state index >= 15 is 0 Å². The minimum Gasteiger partial charge on any atom is -0.488 e. The molecular weight excluding hydrogens is 442 g/mol. The molecule has 35 heavy (non-hydrogen) atoms. The van der Waals surface area contributed by atoms with Gasteiger partial charge in [-0.25, -0.2) is 14.8 Å². The van der Waals surface area contributed by atoms with Crippen LogP contribution in [-0.4, -0.2) is 24.7 Å². The van der Waals surface area contributed by atoms with Crippen molar-refractivity contribution < 1.29 is 9.26 Å². The molecule has 0 radical (unpaired) electrons. The monoisotopic (exact) mass is 465 g/mol. The number of aromatic amines is 1. The van der Waals surface area contributed by atoms with Gasteiger partial charge in [-0.15, -0.1) is 0 Å². The van der Waals surface area contributed by atoms with Gasteiger partial charge in [0.05, 0.1) is 6.54 Å². The molecule has 0 saturated carbocycles. The van der Waals surface area contributed by atoms with Crippen LogP contribution in [0.1, 0.15) is 47.8 Å². The number of imidazole rings is 1. The predicted molar refractivity (Wildman–Crippen MR) is 132 cm³/mol. The van der Waals surface area contributed by atoms with E-state index in [1.54, 1.807) is 6.20 Å². The van der Waals surface area contributed by atoms with Crippen LogP contribution < -0.4 is 10.5 Å².